The third-order valence-electron chi connectivity index (χ3n) is 3.89. The molecule has 28 heavy (non-hydrogen) atoms. The van der Waals surface area contributed by atoms with Crippen molar-refractivity contribution in [1.29, 1.82) is 0 Å². The Bertz CT molecular complexity index is 522. The first-order valence-electron chi connectivity index (χ1n) is 10.0. The van der Waals surface area contributed by atoms with Crippen LogP contribution >= 0.6 is 0 Å². The van der Waals surface area contributed by atoms with Crippen LogP contribution in [-0.2, 0) is 23.9 Å². The number of esters is 2. The van der Waals surface area contributed by atoms with Crippen molar-refractivity contribution in [2.45, 2.75) is 84.3 Å². The molecule has 0 saturated carbocycles. The van der Waals surface area contributed by atoms with E-state index in [9.17, 15) is 14.4 Å². The van der Waals surface area contributed by atoms with Crippen LogP contribution in [0.4, 0.5) is 0 Å². The number of hydrogen-bond donors (Lipinski definition) is 1. The number of carbonyl (C=O) groups is 3. The molecule has 1 amide bonds. The summed E-state index contributed by atoms with van der Waals surface area (Å²) in [5, 5.41) is 2.91. The van der Waals surface area contributed by atoms with Crippen molar-refractivity contribution in [3.63, 3.8) is 0 Å². The maximum absolute atomic E-state index is 12.5. The molecular weight excluding hydrogens is 358 g/mol. The van der Waals surface area contributed by atoms with E-state index in [4.69, 9.17) is 9.47 Å². The van der Waals surface area contributed by atoms with E-state index in [0.29, 0.717) is 19.3 Å². The van der Waals surface area contributed by atoms with Crippen LogP contribution in [0.5, 0.6) is 0 Å². The highest BCUT2D eigenvalue weighted by molar-refractivity contribution is 5.80. The van der Waals surface area contributed by atoms with Crippen molar-refractivity contribution in [2.75, 3.05) is 6.61 Å². The molecule has 0 rings (SSSR count). The average Bonchev–Trinajstić information content (AvgIpc) is 2.59. The highest BCUT2D eigenvalue weighted by Crippen LogP contribution is 2.17. The van der Waals surface area contributed by atoms with Gasteiger partial charge in [-0.05, 0) is 40.0 Å². The SMILES string of the molecule is C=CCCC(=O)N[C@H](CCCC)COC(=O)[C@@H](CC=C)CC(=O)OC(C)(C)C. The summed E-state index contributed by atoms with van der Waals surface area (Å²) in [6.07, 6.45) is 7.11. The van der Waals surface area contributed by atoms with Gasteiger partial charge in [-0.2, -0.15) is 0 Å². The van der Waals surface area contributed by atoms with Gasteiger partial charge in [-0.3, -0.25) is 14.4 Å². The summed E-state index contributed by atoms with van der Waals surface area (Å²) in [7, 11) is 0. The lowest BCUT2D eigenvalue weighted by atomic mass is 10.0. The third kappa shape index (κ3) is 13.1. The molecule has 0 radical (unpaired) electrons. The van der Waals surface area contributed by atoms with E-state index in [-0.39, 0.29) is 25.0 Å². The molecule has 0 heterocycles. The second-order valence-corrected chi connectivity index (χ2v) is 7.88. The van der Waals surface area contributed by atoms with Crippen LogP contribution in [0.2, 0.25) is 0 Å². The van der Waals surface area contributed by atoms with Crippen LogP contribution in [0.1, 0.15) is 72.6 Å². The molecule has 160 valence electrons. The second-order valence-electron chi connectivity index (χ2n) is 7.88. The Morgan fingerprint density at radius 1 is 1.14 bits per heavy atom. The van der Waals surface area contributed by atoms with Crippen molar-refractivity contribution in [2.24, 2.45) is 5.92 Å². The highest BCUT2D eigenvalue weighted by Gasteiger charge is 2.26. The van der Waals surface area contributed by atoms with Gasteiger partial charge in [0.05, 0.1) is 18.4 Å². The summed E-state index contributed by atoms with van der Waals surface area (Å²) in [6.45, 7) is 14.7. The van der Waals surface area contributed by atoms with Gasteiger partial charge < -0.3 is 14.8 Å². The summed E-state index contributed by atoms with van der Waals surface area (Å²) in [5.74, 6) is -1.66. The molecule has 1 N–H and O–H groups in total. The predicted octanol–water partition coefficient (Wildman–Crippen LogP) is 4.09. The topological polar surface area (TPSA) is 81.7 Å². The van der Waals surface area contributed by atoms with Crippen LogP contribution in [-0.4, -0.2) is 36.1 Å². The van der Waals surface area contributed by atoms with Gasteiger partial charge in [0.1, 0.15) is 12.2 Å². The van der Waals surface area contributed by atoms with Crippen molar-refractivity contribution in [3.05, 3.63) is 25.3 Å². The lowest BCUT2D eigenvalue weighted by Crippen LogP contribution is -2.39. The fraction of sp³-hybridized carbons (Fsp3) is 0.682. The Balaban J connectivity index is 4.76. The molecule has 0 aliphatic rings. The Morgan fingerprint density at radius 3 is 2.36 bits per heavy atom. The Kier molecular flexibility index (Phi) is 12.9. The first-order chi connectivity index (χ1) is 13.1. The minimum atomic E-state index is -0.643. The summed E-state index contributed by atoms with van der Waals surface area (Å²) in [5.41, 5.74) is -0.610. The van der Waals surface area contributed by atoms with Crippen molar-refractivity contribution < 1.29 is 23.9 Å². The van der Waals surface area contributed by atoms with Crippen molar-refractivity contribution >= 4 is 17.8 Å². The predicted molar refractivity (Wildman–Crippen MR) is 111 cm³/mol. The molecule has 0 unspecified atom stereocenters. The molecule has 0 spiro atoms. The van der Waals surface area contributed by atoms with Gasteiger partial charge in [0.15, 0.2) is 0 Å². The molecule has 0 fully saturated rings. The van der Waals surface area contributed by atoms with E-state index < -0.39 is 23.5 Å². The Hall–Kier alpha value is -2.11. The van der Waals surface area contributed by atoms with Crippen LogP contribution in [0.3, 0.4) is 0 Å². The zero-order valence-corrected chi connectivity index (χ0v) is 17.9. The molecule has 6 nitrogen and oxygen atoms in total. The molecule has 0 aromatic heterocycles. The molecule has 0 aliphatic heterocycles. The average molecular weight is 396 g/mol. The number of rotatable bonds is 14. The first-order valence-corrected chi connectivity index (χ1v) is 10.0. The van der Waals surface area contributed by atoms with Gasteiger partial charge in [-0.1, -0.05) is 31.9 Å². The van der Waals surface area contributed by atoms with E-state index in [1.54, 1.807) is 32.9 Å². The molecule has 0 bridgehead atoms. The number of carbonyl (C=O) groups excluding carboxylic acids is 3. The van der Waals surface area contributed by atoms with Crippen molar-refractivity contribution in [1.82, 2.24) is 5.32 Å². The minimum Gasteiger partial charge on any atom is -0.463 e. The molecule has 6 heteroatoms. The number of unbranched alkanes of at least 4 members (excludes halogenated alkanes) is 1. The number of ether oxygens (including phenoxy) is 2. The highest BCUT2D eigenvalue weighted by atomic mass is 16.6. The largest absolute Gasteiger partial charge is 0.463 e. The second kappa shape index (κ2) is 14.0. The molecule has 0 aromatic carbocycles. The molecule has 0 aliphatic carbocycles. The van der Waals surface area contributed by atoms with Crippen LogP contribution in [0, 0.1) is 5.92 Å². The zero-order valence-electron chi connectivity index (χ0n) is 17.9. The maximum Gasteiger partial charge on any atom is 0.309 e. The fourth-order valence-corrected chi connectivity index (χ4v) is 2.53. The smallest absolute Gasteiger partial charge is 0.309 e. The Morgan fingerprint density at radius 2 is 1.82 bits per heavy atom. The van der Waals surface area contributed by atoms with E-state index in [1.807, 2.05) is 0 Å². The van der Waals surface area contributed by atoms with Gasteiger partial charge >= 0.3 is 11.9 Å². The summed E-state index contributed by atoms with van der Waals surface area (Å²) in [6, 6.07) is -0.243. The van der Waals surface area contributed by atoms with Gasteiger partial charge in [-0.25, -0.2) is 0 Å². The zero-order chi connectivity index (χ0) is 21.6. The standard InChI is InChI=1S/C22H37NO5/c1-7-10-13-18(23-19(24)14-11-8-2)16-27-21(26)17(12-9-3)15-20(25)28-22(4,5)6/h8-9,17-18H,2-3,7,10-16H2,1,4-6H3,(H,23,24)/t17-,18+/m0/s1. The quantitative estimate of drug-likeness (QED) is 0.354. The van der Waals surface area contributed by atoms with E-state index in [2.05, 4.69) is 25.4 Å². The molecule has 2 atom stereocenters. The van der Waals surface area contributed by atoms with Crippen LogP contribution in [0.15, 0.2) is 25.3 Å². The van der Waals surface area contributed by atoms with Gasteiger partial charge in [0, 0.05) is 6.42 Å². The summed E-state index contributed by atoms with van der Waals surface area (Å²) in [4.78, 5) is 36.5. The molecular formula is C22H37NO5. The lowest BCUT2D eigenvalue weighted by molar-refractivity contribution is -0.161. The number of hydrogen-bond acceptors (Lipinski definition) is 5. The van der Waals surface area contributed by atoms with E-state index >= 15 is 0 Å². The minimum absolute atomic E-state index is 0.0621. The van der Waals surface area contributed by atoms with E-state index in [1.165, 1.54) is 0 Å². The normalized spacial score (nSPS) is 13.1. The maximum atomic E-state index is 12.5. The molecule has 0 aromatic rings. The lowest BCUT2D eigenvalue weighted by Gasteiger charge is -2.22. The fourth-order valence-electron chi connectivity index (χ4n) is 2.53. The number of nitrogens with one attached hydrogen (secondary N) is 1. The monoisotopic (exact) mass is 395 g/mol. The van der Waals surface area contributed by atoms with Gasteiger partial charge in [0.2, 0.25) is 5.91 Å². The van der Waals surface area contributed by atoms with Crippen LogP contribution < -0.4 is 5.32 Å². The Labute approximate surface area is 169 Å². The first kappa shape index (κ1) is 25.9. The van der Waals surface area contributed by atoms with Crippen LogP contribution in [0.25, 0.3) is 0 Å². The van der Waals surface area contributed by atoms with E-state index in [0.717, 1.165) is 19.3 Å². The van der Waals surface area contributed by atoms with Crippen molar-refractivity contribution in [3.8, 4) is 0 Å². The molecule has 0 saturated heterocycles. The van der Waals surface area contributed by atoms with Gasteiger partial charge in [-0.15, -0.1) is 13.2 Å². The number of amides is 1. The number of allylic oxidation sites excluding steroid dienone is 2. The summed E-state index contributed by atoms with van der Waals surface area (Å²) >= 11 is 0. The summed E-state index contributed by atoms with van der Waals surface area (Å²) < 4.78 is 10.7. The third-order valence-corrected chi connectivity index (χ3v) is 3.89. The van der Waals surface area contributed by atoms with Gasteiger partial charge in [0.25, 0.3) is 0 Å².